The van der Waals surface area contributed by atoms with Crippen molar-refractivity contribution in [2.45, 2.75) is 70.9 Å². The third-order valence-corrected chi connectivity index (χ3v) is 4.55. The Balaban J connectivity index is 1.72. The molecule has 0 heterocycles. The number of amides is 1. The van der Waals surface area contributed by atoms with Crippen LogP contribution in [-0.4, -0.2) is 22.9 Å². The van der Waals surface area contributed by atoms with E-state index in [9.17, 15) is 4.79 Å². The zero-order chi connectivity index (χ0) is 14.1. The summed E-state index contributed by atoms with van der Waals surface area (Å²) in [5.74, 6) is 0.304. The summed E-state index contributed by atoms with van der Waals surface area (Å²) in [4.78, 5) is 14.6. The Morgan fingerprint density at radius 1 is 1.20 bits per heavy atom. The lowest BCUT2D eigenvalue weighted by Crippen LogP contribution is -2.39. The summed E-state index contributed by atoms with van der Waals surface area (Å²) < 4.78 is 0. The molecule has 108 valence electrons. The fourth-order valence-corrected chi connectivity index (χ4v) is 3.43. The number of aryl methyl sites for hydroxylation is 2. The highest BCUT2D eigenvalue weighted by Crippen LogP contribution is 2.29. The number of benzene rings is 1. The van der Waals surface area contributed by atoms with E-state index in [1.165, 1.54) is 55.2 Å². The summed E-state index contributed by atoms with van der Waals surface area (Å²) in [6.07, 6.45) is 7.96. The van der Waals surface area contributed by atoms with E-state index in [0.29, 0.717) is 24.4 Å². The van der Waals surface area contributed by atoms with Crippen molar-refractivity contribution in [2.75, 3.05) is 0 Å². The number of hydrogen-bond donors (Lipinski definition) is 0. The van der Waals surface area contributed by atoms with Gasteiger partial charge in [-0.15, -0.1) is 0 Å². The highest BCUT2D eigenvalue weighted by atomic mass is 16.2. The smallest absolute Gasteiger partial charge is 0.227 e. The number of nitrogens with zero attached hydrogens (tertiary/aromatic N) is 1. The molecule has 0 bridgehead atoms. The van der Waals surface area contributed by atoms with Gasteiger partial charge in [-0.2, -0.15) is 0 Å². The molecule has 0 N–H and O–H groups in total. The first kappa shape index (κ1) is 13.7. The number of carbonyl (C=O) groups is 1. The van der Waals surface area contributed by atoms with E-state index in [2.05, 4.69) is 36.9 Å². The van der Waals surface area contributed by atoms with Crippen molar-refractivity contribution in [3.8, 4) is 0 Å². The summed E-state index contributed by atoms with van der Waals surface area (Å²) in [7, 11) is 0. The molecule has 2 nitrogen and oxygen atoms in total. The van der Waals surface area contributed by atoms with Crippen LogP contribution in [-0.2, 0) is 24.1 Å². The molecule has 0 spiro atoms. The highest BCUT2D eigenvalue weighted by molar-refractivity contribution is 5.79. The van der Waals surface area contributed by atoms with Crippen LogP contribution in [0.2, 0.25) is 0 Å². The molecule has 0 unspecified atom stereocenters. The molecule has 2 aliphatic rings. The van der Waals surface area contributed by atoms with Crippen LogP contribution in [0, 0.1) is 0 Å². The molecular weight excluding hydrogens is 246 g/mol. The molecular formula is C18H25NO. The maximum atomic E-state index is 12.5. The zero-order valence-corrected chi connectivity index (χ0v) is 12.7. The highest BCUT2D eigenvalue weighted by Gasteiger charge is 2.33. The van der Waals surface area contributed by atoms with Crippen molar-refractivity contribution >= 4 is 5.91 Å². The Labute approximate surface area is 122 Å². The fraction of sp³-hybridized carbons (Fsp3) is 0.611. The molecule has 0 atom stereocenters. The quantitative estimate of drug-likeness (QED) is 0.820. The van der Waals surface area contributed by atoms with E-state index >= 15 is 0 Å². The van der Waals surface area contributed by atoms with Gasteiger partial charge < -0.3 is 4.90 Å². The molecule has 0 saturated heterocycles. The van der Waals surface area contributed by atoms with Crippen molar-refractivity contribution in [1.29, 1.82) is 0 Å². The Kier molecular flexibility index (Phi) is 3.82. The molecule has 20 heavy (non-hydrogen) atoms. The van der Waals surface area contributed by atoms with Gasteiger partial charge in [-0.1, -0.05) is 18.2 Å². The summed E-state index contributed by atoms with van der Waals surface area (Å²) in [6, 6.07) is 7.52. The first-order valence-corrected chi connectivity index (χ1v) is 8.07. The van der Waals surface area contributed by atoms with Gasteiger partial charge in [-0.3, -0.25) is 4.79 Å². The van der Waals surface area contributed by atoms with E-state index in [-0.39, 0.29) is 0 Å². The minimum atomic E-state index is 0.304. The average molecular weight is 271 g/mol. The molecule has 1 aromatic rings. The van der Waals surface area contributed by atoms with Crippen LogP contribution in [0.1, 0.15) is 56.2 Å². The van der Waals surface area contributed by atoms with Crippen molar-refractivity contribution in [2.24, 2.45) is 0 Å². The maximum absolute atomic E-state index is 12.5. The first-order valence-electron chi connectivity index (χ1n) is 8.07. The Morgan fingerprint density at radius 3 is 2.55 bits per heavy atom. The largest absolute Gasteiger partial charge is 0.337 e. The molecule has 1 saturated carbocycles. The second kappa shape index (κ2) is 5.59. The number of rotatable bonds is 4. The topological polar surface area (TPSA) is 20.3 Å². The molecule has 1 aromatic carbocycles. The first-order chi connectivity index (χ1) is 9.65. The van der Waals surface area contributed by atoms with Crippen LogP contribution in [0.15, 0.2) is 18.2 Å². The van der Waals surface area contributed by atoms with E-state index in [0.717, 1.165) is 0 Å². The van der Waals surface area contributed by atoms with Gasteiger partial charge in [0.15, 0.2) is 0 Å². The van der Waals surface area contributed by atoms with E-state index in [1.54, 1.807) is 0 Å². The standard InChI is InChI=1S/C18H25NO/c1-13(2)19(17-9-10-17)18(20)12-14-7-8-15-5-3-4-6-16(15)11-14/h7-8,11,13,17H,3-6,9-10,12H2,1-2H3. The Bertz CT molecular complexity index is 500. The molecule has 0 radical (unpaired) electrons. The number of fused-ring (bicyclic) bond motifs is 1. The van der Waals surface area contributed by atoms with Crippen molar-refractivity contribution < 1.29 is 4.79 Å². The maximum Gasteiger partial charge on any atom is 0.227 e. The van der Waals surface area contributed by atoms with Crippen molar-refractivity contribution in [3.05, 3.63) is 34.9 Å². The SMILES string of the molecule is CC(C)N(C(=O)Cc1ccc2c(c1)CCCC2)C1CC1. The van der Waals surface area contributed by atoms with Crippen LogP contribution >= 0.6 is 0 Å². The number of hydrogen-bond acceptors (Lipinski definition) is 1. The van der Waals surface area contributed by atoms with Crippen LogP contribution in [0.25, 0.3) is 0 Å². The predicted molar refractivity (Wildman–Crippen MR) is 81.8 cm³/mol. The van der Waals surface area contributed by atoms with Crippen LogP contribution in [0.3, 0.4) is 0 Å². The Morgan fingerprint density at radius 2 is 1.90 bits per heavy atom. The Hall–Kier alpha value is -1.31. The average Bonchev–Trinajstić information content (AvgIpc) is 3.23. The van der Waals surface area contributed by atoms with E-state index in [4.69, 9.17) is 0 Å². The summed E-state index contributed by atoms with van der Waals surface area (Å²) in [6.45, 7) is 4.26. The predicted octanol–water partition coefficient (Wildman–Crippen LogP) is 3.51. The second-order valence-electron chi connectivity index (χ2n) is 6.61. The summed E-state index contributed by atoms with van der Waals surface area (Å²) in [5.41, 5.74) is 4.17. The second-order valence-corrected chi connectivity index (χ2v) is 6.61. The molecule has 0 aromatic heterocycles. The van der Waals surface area contributed by atoms with Gasteiger partial charge in [0.1, 0.15) is 0 Å². The van der Waals surface area contributed by atoms with Gasteiger partial charge in [-0.05, 0) is 69.1 Å². The lowest BCUT2D eigenvalue weighted by molar-refractivity contribution is -0.132. The minimum Gasteiger partial charge on any atom is -0.337 e. The molecule has 2 aliphatic carbocycles. The van der Waals surface area contributed by atoms with Gasteiger partial charge in [0.05, 0.1) is 6.42 Å². The number of carbonyl (C=O) groups excluding carboxylic acids is 1. The van der Waals surface area contributed by atoms with Crippen molar-refractivity contribution in [3.63, 3.8) is 0 Å². The zero-order valence-electron chi connectivity index (χ0n) is 12.7. The van der Waals surface area contributed by atoms with Gasteiger partial charge in [0, 0.05) is 12.1 Å². The lowest BCUT2D eigenvalue weighted by atomic mass is 9.90. The molecule has 1 amide bonds. The summed E-state index contributed by atoms with van der Waals surface area (Å²) >= 11 is 0. The van der Waals surface area contributed by atoms with E-state index in [1.807, 2.05) is 0 Å². The monoisotopic (exact) mass is 271 g/mol. The fourth-order valence-electron chi connectivity index (χ4n) is 3.43. The summed E-state index contributed by atoms with van der Waals surface area (Å²) in [5, 5.41) is 0. The van der Waals surface area contributed by atoms with Crippen LogP contribution < -0.4 is 0 Å². The molecule has 0 aliphatic heterocycles. The molecule has 3 rings (SSSR count). The van der Waals surface area contributed by atoms with Gasteiger partial charge in [-0.25, -0.2) is 0 Å². The van der Waals surface area contributed by atoms with Gasteiger partial charge >= 0.3 is 0 Å². The molecule has 2 heteroatoms. The minimum absolute atomic E-state index is 0.304. The van der Waals surface area contributed by atoms with Gasteiger partial charge in [0.25, 0.3) is 0 Å². The molecule has 1 fully saturated rings. The lowest BCUT2D eigenvalue weighted by Gasteiger charge is -2.27. The van der Waals surface area contributed by atoms with Crippen molar-refractivity contribution in [1.82, 2.24) is 4.90 Å². The normalized spacial score (nSPS) is 17.9. The third-order valence-electron chi connectivity index (χ3n) is 4.55. The van der Waals surface area contributed by atoms with E-state index < -0.39 is 0 Å². The van der Waals surface area contributed by atoms with Crippen LogP contribution in [0.4, 0.5) is 0 Å². The third kappa shape index (κ3) is 2.89. The van der Waals surface area contributed by atoms with Gasteiger partial charge in [0.2, 0.25) is 5.91 Å². The van der Waals surface area contributed by atoms with Crippen LogP contribution in [0.5, 0.6) is 0 Å².